The lowest BCUT2D eigenvalue weighted by molar-refractivity contribution is -0.138. The molecule has 1 aliphatic heterocycles. The maximum Gasteiger partial charge on any atom is 0.419 e. The number of ether oxygens (including phenoxy) is 2. The molecule has 0 amide bonds. The molecule has 0 radical (unpaired) electrons. The van der Waals surface area contributed by atoms with Crippen LogP contribution in [-0.2, 0) is 16.5 Å². The Labute approximate surface area is 150 Å². The van der Waals surface area contributed by atoms with E-state index in [1.807, 2.05) is 6.07 Å². The van der Waals surface area contributed by atoms with E-state index in [0.717, 1.165) is 10.5 Å². The standard InChI is InChI=1S/C17H14BrF3N2O2/c1-24-14-6-5-11(8-13(14)17(19,20)21)16(9-25-15(22)23-16)10-3-2-4-12(18)7-10/h2-8H,9H2,1H3,(H2,22,23). The van der Waals surface area contributed by atoms with Gasteiger partial charge in [0.2, 0.25) is 0 Å². The highest BCUT2D eigenvalue weighted by molar-refractivity contribution is 9.10. The molecule has 3 rings (SSSR count). The lowest BCUT2D eigenvalue weighted by Crippen LogP contribution is -2.28. The summed E-state index contributed by atoms with van der Waals surface area (Å²) >= 11 is 3.37. The van der Waals surface area contributed by atoms with Gasteiger partial charge in [0.1, 0.15) is 12.4 Å². The van der Waals surface area contributed by atoms with Gasteiger partial charge in [-0.15, -0.1) is 0 Å². The van der Waals surface area contributed by atoms with Gasteiger partial charge in [-0.25, -0.2) is 4.99 Å². The molecule has 2 aromatic rings. The monoisotopic (exact) mass is 414 g/mol. The molecule has 1 atom stereocenters. The smallest absolute Gasteiger partial charge is 0.419 e. The van der Waals surface area contributed by atoms with Gasteiger partial charge >= 0.3 is 6.18 Å². The third kappa shape index (κ3) is 3.18. The number of nitrogens with zero attached hydrogens (tertiary/aromatic N) is 1. The first-order valence-electron chi connectivity index (χ1n) is 7.26. The van der Waals surface area contributed by atoms with Gasteiger partial charge in [-0.05, 0) is 35.4 Å². The molecule has 0 bridgehead atoms. The fourth-order valence-corrected chi connectivity index (χ4v) is 3.23. The van der Waals surface area contributed by atoms with Gasteiger partial charge in [0.15, 0.2) is 5.54 Å². The first kappa shape index (κ1) is 17.6. The number of aliphatic imine (C=N–C) groups is 1. The Hall–Kier alpha value is -2.22. The van der Waals surface area contributed by atoms with E-state index < -0.39 is 17.3 Å². The first-order chi connectivity index (χ1) is 11.8. The van der Waals surface area contributed by atoms with Crippen LogP contribution in [0.5, 0.6) is 5.75 Å². The van der Waals surface area contributed by atoms with E-state index in [2.05, 4.69) is 20.9 Å². The number of benzene rings is 2. The number of nitrogens with two attached hydrogens (primary N) is 1. The molecule has 0 saturated heterocycles. The molecule has 1 heterocycles. The topological polar surface area (TPSA) is 56.8 Å². The van der Waals surface area contributed by atoms with Crippen LogP contribution in [0.15, 0.2) is 51.9 Å². The van der Waals surface area contributed by atoms with Crippen molar-refractivity contribution in [1.29, 1.82) is 0 Å². The van der Waals surface area contributed by atoms with E-state index in [0.29, 0.717) is 11.1 Å². The van der Waals surface area contributed by atoms with Crippen molar-refractivity contribution < 1.29 is 22.6 Å². The Bertz CT molecular complexity index is 839. The Balaban J connectivity index is 2.23. The predicted molar refractivity (Wildman–Crippen MR) is 90.5 cm³/mol. The van der Waals surface area contributed by atoms with Crippen LogP contribution in [0, 0.1) is 0 Å². The fraction of sp³-hybridized carbons (Fsp3) is 0.235. The average Bonchev–Trinajstić information content (AvgIpc) is 2.96. The highest BCUT2D eigenvalue weighted by atomic mass is 79.9. The van der Waals surface area contributed by atoms with E-state index in [-0.39, 0.29) is 18.4 Å². The molecular weight excluding hydrogens is 401 g/mol. The zero-order chi connectivity index (χ0) is 18.2. The van der Waals surface area contributed by atoms with Crippen molar-refractivity contribution in [3.8, 4) is 5.75 Å². The van der Waals surface area contributed by atoms with Crippen molar-refractivity contribution in [3.05, 3.63) is 63.6 Å². The molecule has 0 aromatic heterocycles. The van der Waals surface area contributed by atoms with E-state index in [9.17, 15) is 13.2 Å². The summed E-state index contributed by atoms with van der Waals surface area (Å²) in [5.41, 5.74) is 4.63. The minimum absolute atomic E-state index is 0.0128. The van der Waals surface area contributed by atoms with Crippen LogP contribution in [0.25, 0.3) is 0 Å². The number of hydrogen-bond donors (Lipinski definition) is 1. The van der Waals surface area contributed by atoms with E-state index in [1.54, 1.807) is 24.3 Å². The molecule has 2 N–H and O–H groups in total. The third-order valence-electron chi connectivity index (χ3n) is 4.01. The largest absolute Gasteiger partial charge is 0.496 e. The molecule has 1 aliphatic rings. The van der Waals surface area contributed by atoms with Crippen LogP contribution in [0.3, 0.4) is 0 Å². The second-order valence-electron chi connectivity index (χ2n) is 5.52. The number of amidine groups is 1. The maximum atomic E-state index is 13.4. The SMILES string of the molecule is COc1ccc(C2(c3cccc(Br)c3)COC(N)=N2)cc1C(F)(F)F. The highest BCUT2D eigenvalue weighted by Crippen LogP contribution is 2.43. The zero-order valence-electron chi connectivity index (χ0n) is 13.1. The van der Waals surface area contributed by atoms with E-state index in [1.165, 1.54) is 13.2 Å². The molecule has 0 spiro atoms. The van der Waals surface area contributed by atoms with Crippen LogP contribution in [0.4, 0.5) is 13.2 Å². The molecule has 132 valence electrons. The average molecular weight is 415 g/mol. The lowest BCUT2D eigenvalue weighted by atomic mass is 9.83. The van der Waals surface area contributed by atoms with Crippen molar-refractivity contribution in [1.82, 2.24) is 0 Å². The molecule has 0 saturated carbocycles. The molecule has 0 fully saturated rings. The van der Waals surface area contributed by atoms with Crippen LogP contribution in [-0.4, -0.2) is 19.7 Å². The van der Waals surface area contributed by atoms with Crippen LogP contribution >= 0.6 is 15.9 Å². The summed E-state index contributed by atoms with van der Waals surface area (Å²) in [4.78, 5) is 4.32. The van der Waals surface area contributed by atoms with Gasteiger partial charge in [0.05, 0.1) is 12.7 Å². The highest BCUT2D eigenvalue weighted by Gasteiger charge is 2.43. The van der Waals surface area contributed by atoms with Gasteiger partial charge in [-0.1, -0.05) is 34.1 Å². The van der Waals surface area contributed by atoms with Gasteiger partial charge in [-0.2, -0.15) is 13.2 Å². The summed E-state index contributed by atoms with van der Waals surface area (Å²) in [5.74, 6) is -0.253. The van der Waals surface area contributed by atoms with E-state index >= 15 is 0 Å². The van der Waals surface area contributed by atoms with Crippen molar-refractivity contribution in [2.75, 3.05) is 13.7 Å². The van der Waals surface area contributed by atoms with Gasteiger partial charge in [0, 0.05) is 4.47 Å². The minimum atomic E-state index is -4.56. The summed E-state index contributed by atoms with van der Waals surface area (Å²) < 4.78 is 51.1. The number of rotatable bonds is 3. The summed E-state index contributed by atoms with van der Waals surface area (Å²) in [5, 5.41) is 0. The third-order valence-corrected chi connectivity index (χ3v) is 4.51. The van der Waals surface area contributed by atoms with Crippen LogP contribution in [0.1, 0.15) is 16.7 Å². The van der Waals surface area contributed by atoms with Gasteiger partial charge in [0.25, 0.3) is 6.02 Å². The molecule has 25 heavy (non-hydrogen) atoms. The Morgan fingerprint density at radius 2 is 1.92 bits per heavy atom. The molecular formula is C17H14BrF3N2O2. The number of halogens is 4. The van der Waals surface area contributed by atoms with Crippen molar-refractivity contribution in [2.45, 2.75) is 11.7 Å². The number of methoxy groups -OCH3 is 1. The molecule has 2 aromatic carbocycles. The Kier molecular flexibility index (Phi) is 4.40. The normalized spacial score (nSPS) is 20.1. The number of alkyl halides is 3. The van der Waals surface area contributed by atoms with Gasteiger partial charge in [-0.3, -0.25) is 0 Å². The predicted octanol–water partition coefficient (Wildman–Crippen LogP) is 4.07. The Morgan fingerprint density at radius 1 is 1.20 bits per heavy atom. The second-order valence-corrected chi connectivity index (χ2v) is 6.44. The molecule has 8 heteroatoms. The summed E-state index contributed by atoms with van der Waals surface area (Å²) in [7, 11) is 1.20. The summed E-state index contributed by atoms with van der Waals surface area (Å²) in [6.07, 6.45) is -4.56. The van der Waals surface area contributed by atoms with Gasteiger partial charge < -0.3 is 15.2 Å². The lowest BCUT2D eigenvalue weighted by Gasteiger charge is -2.26. The summed E-state index contributed by atoms with van der Waals surface area (Å²) in [6, 6.07) is 10.9. The molecule has 4 nitrogen and oxygen atoms in total. The fourth-order valence-electron chi connectivity index (χ4n) is 2.83. The van der Waals surface area contributed by atoms with Crippen molar-refractivity contribution in [2.24, 2.45) is 10.7 Å². The zero-order valence-corrected chi connectivity index (χ0v) is 14.7. The quantitative estimate of drug-likeness (QED) is 0.823. The molecule has 0 aliphatic carbocycles. The second kappa shape index (κ2) is 6.25. The van der Waals surface area contributed by atoms with Crippen molar-refractivity contribution >= 4 is 22.0 Å². The number of hydrogen-bond acceptors (Lipinski definition) is 4. The van der Waals surface area contributed by atoms with E-state index in [4.69, 9.17) is 15.2 Å². The van der Waals surface area contributed by atoms with Crippen LogP contribution in [0.2, 0.25) is 0 Å². The maximum absolute atomic E-state index is 13.4. The van der Waals surface area contributed by atoms with Crippen LogP contribution < -0.4 is 10.5 Å². The summed E-state index contributed by atoms with van der Waals surface area (Å²) in [6.45, 7) is 0.0128. The Morgan fingerprint density at radius 3 is 2.48 bits per heavy atom. The van der Waals surface area contributed by atoms with Crippen molar-refractivity contribution in [3.63, 3.8) is 0 Å². The minimum Gasteiger partial charge on any atom is -0.496 e. The first-order valence-corrected chi connectivity index (χ1v) is 8.05. The molecule has 1 unspecified atom stereocenters.